The summed E-state index contributed by atoms with van der Waals surface area (Å²) in [4.78, 5) is 6.93. The van der Waals surface area contributed by atoms with E-state index in [-0.39, 0.29) is 6.10 Å². The molecule has 0 bridgehead atoms. The van der Waals surface area contributed by atoms with Crippen LogP contribution in [0.2, 0.25) is 0 Å². The van der Waals surface area contributed by atoms with Gasteiger partial charge in [-0.25, -0.2) is 9.50 Å². The SMILES string of the molecule is CC1COC(CBr)CN1c1ccn2nccc2n1. The Balaban J connectivity index is 1.91. The molecule has 2 unspecified atom stereocenters. The van der Waals surface area contributed by atoms with Gasteiger partial charge in [0.2, 0.25) is 0 Å². The highest BCUT2D eigenvalue weighted by molar-refractivity contribution is 9.09. The van der Waals surface area contributed by atoms with Crippen LogP contribution >= 0.6 is 15.9 Å². The van der Waals surface area contributed by atoms with Crippen molar-refractivity contribution in [1.29, 1.82) is 0 Å². The lowest BCUT2D eigenvalue weighted by Crippen LogP contribution is -2.49. The third kappa shape index (κ3) is 2.10. The second-order valence-corrected chi connectivity index (χ2v) is 5.18. The van der Waals surface area contributed by atoms with E-state index < -0.39 is 0 Å². The van der Waals surface area contributed by atoms with Crippen molar-refractivity contribution >= 4 is 27.4 Å². The van der Waals surface area contributed by atoms with E-state index in [0.29, 0.717) is 6.04 Å². The average molecular weight is 311 g/mol. The van der Waals surface area contributed by atoms with Gasteiger partial charge in [0.1, 0.15) is 5.82 Å². The highest BCUT2D eigenvalue weighted by Crippen LogP contribution is 2.20. The first kappa shape index (κ1) is 11.9. The van der Waals surface area contributed by atoms with Crippen molar-refractivity contribution in [3.8, 4) is 0 Å². The number of ether oxygens (including phenoxy) is 1. The number of rotatable bonds is 2. The van der Waals surface area contributed by atoms with E-state index in [9.17, 15) is 0 Å². The molecule has 3 rings (SSSR count). The summed E-state index contributed by atoms with van der Waals surface area (Å²) in [6.45, 7) is 3.76. The quantitative estimate of drug-likeness (QED) is 0.792. The van der Waals surface area contributed by atoms with E-state index in [4.69, 9.17) is 4.74 Å². The predicted molar refractivity (Wildman–Crippen MR) is 73.3 cm³/mol. The summed E-state index contributed by atoms with van der Waals surface area (Å²) < 4.78 is 7.50. The molecule has 5 nitrogen and oxygen atoms in total. The molecule has 0 spiro atoms. The highest BCUT2D eigenvalue weighted by Gasteiger charge is 2.26. The first-order valence-corrected chi connectivity index (χ1v) is 7.14. The van der Waals surface area contributed by atoms with Crippen molar-refractivity contribution in [3.05, 3.63) is 24.5 Å². The standard InChI is InChI=1S/C12H15BrN4O/c1-9-8-18-10(6-13)7-16(9)11-3-5-17-12(15-11)2-4-14-17/h2-5,9-10H,6-8H2,1H3. The molecular formula is C12H15BrN4O. The third-order valence-electron chi connectivity index (χ3n) is 3.22. The minimum atomic E-state index is 0.226. The van der Waals surface area contributed by atoms with Crippen molar-refractivity contribution in [1.82, 2.24) is 14.6 Å². The molecule has 0 amide bonds. The summed E-state index contributed by atoms with van der Waals surface area (Å²) >= 11 is 3.48. The first-order valence-electron chi connectivity index (χ1n) is 6.02. The fourth-order valence-electron chi connectivity index (χ4n) is 2.19. The predicted octanol–water partition coefficient (Wildman–Crippen LogP) is 1.72. The number of hydrogen-bond donors (Lipinski definition) is 0. The molecule has 2 atom stereocenters. The molecule has 1 aliphatic heterocycles. The summed E-state index contributed by atoms with van der Waals surface area (Å²) in [5, 5.41) is 5.01. The minimum Gasteiger partial charge on any atom is -0.373 e. The minimum absolute atomic E-state index is 0.226. The maximum absolute atomic E-state index is 5.73. The monoisotopic (exact) mass is 310 g/mol. The summed E-state index contributed by atoms with van der Waals surface area (Å²) in [6.07, 6.45) is 3.93. The van der Waals surface area contributed by atoms with Crippen LogP contribution in [0.4, 0.5) is 5.82 Å². The average Bonchev–Trinajstić information content (AvgIpc) is 2.86. The van der Waals surface area contributed by atoms with Crippen LogP contribution in [0.3, 0.4) is 0 Å². The van der Waals surface area contributed by atoms with Gasteiger partial charge in [-0.3, -0.25) is 0 Å². The molecule has 0 radical (unpaired) electrons. The normalized spacial score (nSPS) is 24.7. The molecule has 2 aromatic rings. The van der Waals surface area contributed by atoms with Crippen molar-refractivity contribution in [2.24, 2.45) is 0 Å². The van der Waals surface area contributed by atoms with Crippen LogP contribution in [-0.2, 0) is 4.74 Å². The second kappa shape index (κ2) is 4.85. The number of morpholine rings is 1. The summed E-state index contributed by atoms with van der Waals surface area (Å²) in [5.41, 5.74) is 0.876. The molecule has 0 saturated carbocycles. The van der Waals surface area contributed by atoms with E-state index in [1.54, 1.807) is 10.7 Å². The first-order chi connectivity index (χ1) is 8.78. The zero-order valence-corrected chi connectivity index (χ0v) is 11.7. The van der Waals surface area contributed by atoms with E-state index >= 15 is 0 Å². The smallest absolute Gasteiger partial charge is 0.157 e. The molecule has 1 fully saturated rings. The second-order valence-electron chi connectivity index (χ2n) is 4.53. The van der Waals surface area contributed by atoms with Crippen LogP contribution in [0.15, 0.2) is 24.5 Å². The van der Waals surface area contributed by atoms with E-state index in [0.717, 1.165) is 29.9 Å². The summed E-state index contributed by atoms with van der Waals surface area (Å²) in [7, 11) is 0. The third-order valence-corrected chi connectivity index (χ3v) is 3.94. The Bertz CT molecular complexity index is 544. The van der Waals surface area contributed by atoms with Crippen LogP contribution in [0.25, 0.3) is 5.65 Å². The van der Waals surface area contributed by atoms with Crippen molar-refractivity contribution in [3.63, 3.8) is 0 Å². The lowest BCUT2D eigenvalue weighted by Gasteiger charge is -2.38. The van der Waals surface area contributed by atoms with Gasteiger partial charge in [-0.2, -0.15) is 5.10 Å². The Morgan fingerprint density at radius 2 is 2.39 bits per heavy atom. The lowest BCUT2D eigenvalue weighted by molar-refractivity contribution is 0.0376. The van der Waals surface area contributed by atoms with Crippen LogP contribution in [0.5, 0.6) is 0 Å². The van der Waals surface area contributed by atoms with Crippen molar-refractivity contribution < 1.29 is 4.74 Å². The summed E-state index contributed by atoms with van der Waals surface area (Å²) in [6, 6.07) is 4.27. The molecule has 2 aromatic heterocycles. The van der Waals surface area contributed by atoms with E-state index in [1.165, 1.54) is 0 Å². The number of alkyl halides is 1. The fourth-order valence-corrected chi connectivity index (χ4v) is 2.58. The molecule has 1 saturated heterocycles. The van der Waals surface area contributed by atoms with Crippen molar-refractivity contribution in [2.75, 3.05) is 23.4 Å². The maximum Gasteiger partial charge on any atom is 0.157 e. The summed E-state index contributed by atoms with van der Waals surface area (Å²) in [5.74, 6) is 0.991. The van der Waals surface area contributed by atoms with Crippen LogP contribution in [-0.4, -0.2) is 45.2 Å². The van der Waals surface area contributed by atoms with Gasteiger partial charge >= 0.3 is 0 Å². The van der Waals surface area contributed by atoms with Gasteiger partial charge in [0.15, 0.2) is 5.65 Å². The molecule has 6 heteroatoms. The lowest BCUT2D eigenvalue weighted by atomic mass is 10.2. The van der Waals surface area contributed by atoms with Gasteiger partial charge in [-0.05, 0) is 13.0 Å². The van der Waals surface area contributed by atoms with E-state index in [1.807, 2.05) is 18.3 Å². The van der Waals surface area contributed by atoms with Gasteiger partial charge in [-0.15, -0.1) is 0 Å². The zero-order chi connectivity index (χ0) is 12.5. The fraction of sp³-hybridized carbons (Fsp3) is 0.500. The molecule has 0 N–H and O–H groups in total. The molecule has 0 aliphatic carbocycles. The Kier molecular flexibility index (Phi) is 3.22. The van der Waals surface area contributed by atoms with Gasteiger partial charge in [-0.1, -0.05) is 15.9 Å². The van der Waals surface area contributed by atoms with Crippen LogP contribution < -0.4 is 4.90 Å². The Morgan fingerprint density at radius 1 is 1.50 bits per heavy atom. The number of anilines is 1. The van der Waals surface area contributed by atoms with Gasteiger partial charge < -0.3 is 9.64 Å². The Hall–Kier alpha value is -1.14. The number of halogens is 1. The molecule has 3 heterocycles. The number of aromatic nitrogens is 3. The van der Waals surface area contributed by atoms with Gasteiger partial charge in [0.25, 0.3) is 0 Å². The highest BCUT2D eigenvalue weighted by atomic mass is 79.9. The largest absolute Gasteiger partial charge is 0.373 e. The number of nitrogens with zero attached hydrogens (tertiary/aromatic N) is 4. The Morgan fingerprint density at radius 3 is 3.22 bits per heavy atom. The maximum atomic E-state index is 5.73. The van der Waals surface area contributed by atoms with Crippen molar-refractivity contribution in [2.45, 2.75) is 19.1 Å². The molecule has 96 valence electrons. The number of hydrogen-bond acceptors (Lipinski definition) is 4. The van der Waals surface area contributed by atoms with Crippen LogP contribution in [0.1, 0.15) is 6.92 Å². The Labute approximate surface area is 114 Å². The van der Waals surface area contributed by atoms with Crippen LogP contribution in [0, 0.1) is 0 Å². The zero-order valence-electron chi connectivity index (χ0n) is 10.2. The van der Waals surface area contributed by atoms with Gasteiger partial charge in [0.05, 0.1) is 24.9 Å². The molecule has 1 aliphatic rings. The molecule has 0 aromatic carbocycles. The molecule has 18 heavy (non-hydrogen) atoms. The topological polar surface area (TPSA) is 42.7 Å². The van der Waals surface area contributed by atoms with E-state index in [2.05, 4.69) is 37.8 Å². The number of fused-ring (bicyclic) bond motifs is 1. The van der Waals surface area contributed by atoms with Gasteiger partial charge in [0, 0.05) is 24.1 Å². The molecular weight excluding hydrogens is 296 g/mol.